The number of hydrogen-bond donors (Lipinski definition) is 2. The topological polar surface area (TPSA) is 44.4 Å². The van der Waals surface area contributed by atoms with Gasteiger partial charge in [0.15, 0.2) is 5.11 Å². The number of carbonyl (C=O) groups is 1. The molecule has 0 unspecified atom stereocenters. The fourth-order valence-corrected chi connectivity index (χ4v) is 1.97. The standard InChI is InChI=1S/C11H13N3OS/c1-2-12-11(16)14-7-10(15)13-8-5-3-4-6-9(8)14/h3-6H,2,7H2,1H3,(H,12,16)(H,13,15). The van der Waals surface area contributed by atoms with Crippen LogP contribution in [0.5, 0.6) is 0 Å². The van der Waals surface area contributed by atoms with E-state index in [9.17, 15) is 4.79 Å². The van der Waals surface area contributed by atoms with E-state index in [1.807, 2.05) is 36.1 Å². The SMILES string of the molecule is CCNC(=S)N1CC(=O)Nc2ccccc21. The Hall–Kier alpha value is -1.62. The number of amides is 1. The molecule has 2 N–H and O–H groups in total. The van der Waals surface area contributed by atoms with Crippen LogP contribution in [0.15, 0.2) is 24.3 Å². The molecular weight excluding hydrogens is 222 g/mol. The van der Waals surface area contributed by atoms with Crippen molar-refractivity contribution in [1.82, 2.24) is 5.32 Å². The molecule has 4 nitrogen and oxygen atoms in total. The zero-order valence-electron chi connectivity index (χ0n) is 8.99. The zero-order chi connectivity index (χ0) is 11.5. The van der Waals surface area contributed by atoms with Crippen molar-refractivity contribution < 1.29 is 4.79 Å². The van der Waals surface area contributed by atoms with E-state index in [2.05, 4.69) is 10.6 Å². The van der Waals surface area contributed by atoms with Gasteiger partial charge in [-0.05, 0) is 31.3 Å². The lowest BCUT2D eigenvalue weighted by molar-refractivity contribution is -0.115. The molecule has 16 heavy (non-hydrogen) atoms. The molecular formula is C11H13N3OS. The normalized spacial score (nSPS) is 14.1. The van der Waals surface area contributed by atoms with Crippen molar-refractivity contribution in [2.24, 2.45) is 0 Å². The van der Waals surface area contributed by atoms with Crippen molar-refractivity contribution in [3.8, 4) is 0 Å². The van der Waals surface area contributed by atoms with E-state index in [4.69, 9.17) is 12.2 Å². The Morgan fingerprint density at radius 1 is 1.56 bits per heavy atom. The Balaban J connectivity index is 2.33. The van der Waals surface area contributed by atoms with Crippen molar-refractivity contribution >= 4 is 34.6 Å². The molecule has 0 aliphatic carbocycles. The van der Waals surface area contributed by atoms with Gasteiger partial charge < -0.3 is 15.5 Å². The Morgan fingerprint density at radius 2 is 2.31 bits per heavy atom. The number of fused-ring (bicyclic) bond motifs is 1. The van der Waals surface area contributed by atoms with Crippen LogP contribution in [0.25, 0.3) is 0 Å². The number of benzene rings is 1. The van der Waals surface area contributed by atoms with Gasteiger partial charge in [0.05, 0.1) is 11.4 Å². The van der Waals surface area contributed by atoms with Crippen LogP contribution in [0, 0.1) is 0 Å². The minimum Gasteiger partial charge on any atom is -0.363 e. The molecule has 1 aromatic rings. The third-order valence-electron chi connectivity index (χ3n) is 2.34. The van der Waals surface area contributed by atoms with Gasteiger partial charge in [-0.3, -0.25) is 4.79 Å². The summed E-state index contributed by atoms with van der Waals surface area (Å²) < 4.78 is 0. The Kier molecular flexibility index (Phi) is 3.05. The summed E-state index contributed by atoms with van der Waals surface area (Å²) in [5.41, 5.74) is 1.74. The highest BCUT2D eigenvalue weighted by Crippen LogP contribution is 2.28. The fourth-order valence-electron chi connectivity index (χ4n) is 1.66. The summed E-state index contributed by atoms with van der Waals surface area (Å²) in [4.78, 5) is 13.3. The Labute approximate surface area is 99.6 Å². The number of nitrogens with zero attached hydrogens (tertiary/aromatic N) is 1. The molecule has 0 radical (unpaired) electrons. The van der Waals surface area contributed by atoms with Crippen LogP contribution in [0.2, 0.25) is 0 Å². The molecule has 1 aliphatic heterocycles. The van der Waals surface area contributed by atoms with E-state index in [1.54, 1.807) is 0 Å². The Bertz CT molecular complexity index is 433. The van der Waals surface area contributed by atoms with E-state index in [-0.39, 0.29) is 12.5 Å². The second-order valence-corrected chi connectivity index (χ2v) is 3.87. The number of nitrogens with one attached hydrogen (secondary N) is 2. The summed E-state index contributed by atoms with van der Waals surface area (Å²) in [6.07, 6.45) is 0. The van der Waals surface area contributed by atoms with E-state index >= 15 is 0 Å². The van der Waals surface area contributed by atoms with Crippen LogP contribution in [-0.2, 0) is 4.79 Å². The second-order valence-electron chi connectivity index (χ2n) is 3.49. The monoisotopic (exact) mass is 235 g/mol. The van der Waals surface area contributed by atoms with E-state index in [0.717, 1.165) is 17.9 Å². The van der Waals surface area contributed by atoms with Gasteiger partial charge in [-0.2, -0.15) is 0 Å². The van der Waals surface area contributed by atoms with Gasteiger partial charge in [0.2, 0.25) is 5.91 Å². The first-order valence-corrected chi connectivity index (χ1v) is 5.57. The van der Waals surface area contributed by atoms with Crippen molar-refractivity contribution in [2.45, 2.75) is 6.92 Å². The molecule has 5 heteroatoms. The van der Waals surface area contributed by atoms with E-state index in [0.29, 0.717) is 5.11 Å². The Morgan fingerprint density at radius 3 is 3.06 bits per heavy atom. The highest BCUT2D eigenvalue weighted by molar-refractivity contribution is 7.80. The zero-order valence-corrected chi connectivity index (χ0v) is 9.80. The average Bonchev–Trinajstić information content (AvgIpc) is 2.28. The molecule has 84 valence electrons. The lowest BCUT2D eigenvalue weighted by Crippen LogP contribution is -2.46. The maximum absolute atomic E-state index is 11.5. The van der Waals surface area contributed by atoms with E-state index in [1.165, 1.54) is 0 Å². The first-order valence-electron chi connectivity index (χ1n) is 5.16. The second kappa shape index (κ2) is 4.49. The lowest BCUT2D eigenvalue weighted by Gasteiger charge is -2.31. The molecule has 0 atom stereocenters. The molecule has 0 saturated carbocycles. The largest absolute Gasteiger partial charge is 0.363 e. The predicted molar refractivity (Wildman–Crippen MR) is 68.7 cm³/mol. The molecule has 0 fully saturated rings. The molecule has 2 rings (SSSR count). The third kappa shape index (κ3) is 1.99. The van der Waals surface area contributed by atoms with Gasteiger partial charge in [0.25, 0.3) is 0 Å². The molecule has 1 aromatic carbocycles. The number of rotatable bonds is 1. The number of thiocarbonyl (C=S) groups is 1. The maximum atomic E-state index is 11.5. The summed E-state index contributed by atoms with van der Waals surface area (Å²) >= 11 is 5.24. The van der Waals surface area contributed by atoms with Crippen molar-refractivity contribution in [1.29, 1.82) is 0 Å². The fraction of sp³-hybridized carbons (Fsp3) is 0.273. The number of carbonyl (C=O) groups excluding carboxylic acids is 1. The van der Waals surface area contributed by atoms with Gasteiger partial charge in [0, 0.05) is 6.54 Å². The lowest BCUT2D eigenvalue weighted by atomic mass is 10.2. The number of hydrogen-bond acceptors (Lipinski definition) is 2. The van der Waals surface area contributed by atoms with Crippen LogP contribution >= 0.6 is 12.2 Å². The van der Waals surface area contributed by atoms with Crippen LogP contribution < -0.4 is 15.5 Å². The molecule has 0 spiro atoms. The predicted octanol–water partition coefficient (Wildman–Crippen LogP) is 1.34. The minimum atomic E-state index is -0.0426. The number of anilines is 2. The van der Waals surface area contributed by atoms with Crippen LogP contribution in [0.1, 0.15) is 6.92 Å². The first-order chi connectivity index (χ1) is 7.72. The summed E-state index contributed by atoms with van der Waals surface area (Å²) in [7, 11) is 0. The van der Waals surface area contributed by atoms with Crippen molar-refractivity contribution in [3.63, 3.8) is 0 Å². The molecule has 0 aromatic heterocycles. The molecule has 0 saturated heterocycles. The highest BCUT2D eigenvalue weighted by Gasteiger charge is 2.23. The van der Waals surface area contributed by atoms with Gasteiger partial charge in [-0.15, -0.1) is 0 Å². The highest BCUT2D eigenvalue weighted by atomic mass is 32.1. The average molecular weight is 235 g/mol. The molecule has 1 amide bonds. The smallest absolute Gasteiger partial charge is 0.244 e. The molecule has 1 heterocycles. The van der Waals surface area contributed by atoms with Gasteiger partial charge in [-0.25, -0.2) is 0 Å². The minimum absolute atomic E-state index is 0.0426. The molecule has 0 bridgehead atoms. The summed E-state index contributed by atoms with van der Waals surface area (Å²) in [6, 6.07) is 7.63. The molecule has 1 aliphatic rings. The van der Waals surface area contributed by atoms with Gasteiger partial charge in [-0.1, -0.05) is 12.1 Å². The summed E-state index contributed by atoms with van der Waals surface area (Å²) in [5.74, 6) is -0.0426. The summed E-state index contributed by atoms with van der Waals surface area (Å²) in [5, 5.41) is 6.46. The van der Waals surface area contributed by atoms with Gasteiger partial charge >= 0.3 is 0 Å². The van der Waals surface area contributed by atoms with Crippen LogP contribution in [0.4, 0.5) is 11.4 Å². The van der Waals surface area contributed by atoms with Gasteiger partial charge in [0.1, 0.15) is 6.54 Å². The van der Waals surface area contributed by atoms with Crippen LogP contribution in [-0.4, -0.2) is 24.1 Å². The van der Waals surface area contributed by atoms with E-state index < -0.39 is 0 Å². The quantitative estimate of drug-likeness (QED) is 0.721. The summed E-state index contributed by atoms with van der Waals surface area (Å²) in [6.45, 7) is 2.99. The van der Waals surface area contributed by atoms with Crippen molar-refractivity contribution in [3.05, 3.63) is 24.3 Å². The maximum Gasteiger partial charge on any atom is 0.244 e. The number of para-hydroxylation sites is 2. The first kappa shape index (κ1) is 10.9. The van der Waals surface area contributed by atoms with Crippen LogP contribution in [0.3, 0.4) is 0 Å². The third-order valence-corrected chi connectivity index (χ3v) is 2.71. The van der Waals surface area contributed by atoms with Crippen molar-refractivity contribution in [2.75, 3.05) is 23.3 Å².